The smallest absolute Gasteiger partial charge is 0.263 e. The lowest BCUT2D eigenvalue weighted by atomic mass is 10.0. The normalized spacial score (nSPS) is 27.5. The van der Waals surface area contributed by atoms with E-state index in [0.717, 1.165) is 4.90 Å². The first-order valence-corrected chi connectivity index (χ1v) is 7.46. The molecule has 2 aliphatic rings. The highest BCUT2D eigenvalue weighted by Crippen LogP contribution is 2.33. The molecule has 0 aromatic heterocycles. The van der Waals surface area contributed by atoms with Crippen LogP contribution in [0.5, 0.6) is 0 Å². The van der Waals surface area contributed by atoms with Gasteiger partial charge in [-0.05, 0) is 19.8 Å². The van der Waals surface area contributed by atoms with Crippen LogP contribution in [-0.2, 0) is 19.2 Å². The zero-order chi connectivity index (χ0) is 15.7. The monoisotopic (exact) mass is 354 g/mol. The van der Waals surface area contributed by atoms with Crippen LogP contribution in [0.4, 0.5) is 0 Å². The molecule has 0 bridgehead atoms. The molecular weight excluding hydrogens is 340 g/mol. The van der Waals surface area contributed by atoms with Crippen molar-refractivity contribution in [1.82, 2.24) is 10.2 Å². The summed E-state index contributed by atoms with van der Waals surface area (Å²) in [6, 6.07) is -0.924. The van der Waals surface area contributed by atoms with Gasteiger partial charge in [-0.15, -0.1) is 0 Å². The molecule has 0 radical (unpaired) electrons. The van der Waals surface area contributed by atoms with Crippen LogP contribution >= 0.6 is 15.9 Å². The molecule has 4 amide bonds. The number of nitrogens with one attached hydrogen (secondary N) is 1. The summed E-state index contributed by atoms with van der Waals surface area (Å²) in [6.45, 7) is 3.54. The minimum absolute atomic E-state index is 0.118. The van der Waals surface area contributed by atoms with E-state index < -0.39 is 23.8 Å². The van der Waals surface area contributed by atoms with Crippen molar-refractivity contribution in [3.8, 4) is 0 Å². The van der Waals surface area contributed by atoms with E-state index in [1.807, 2.05) is 6.92 Å². The Labute approximate surface area is 130 Å². The number of piperidine rings is 1. The highest BCUT2D eigenvalue weighted by molar-refractivity contribution is 9.11. The lowest BCUT2D eigenvalue weighted by Gasteiger charge is -2.27. The second-order valence-electron chi connectivity index (χ2n) is 4.88. The minimum Gasteiger partial charge on any atom is -0.295 e. The van der Waals surface area contributed by atoms with Crippen molar-refractivity contribution in [2.24, 2.45) is 0 Å². The van der Waals surface area contributed by atoms with E-state index in [1.54, 1.807) is 13.0 Å². The summed E-state index contributed by atoms with van der Waals surface area (Å²) in [7, 11) is 0. The number of carbonyl (C=O) groups excluding carboxylic acids is 4. The number of amides is 4. The Morgan fingerprint density at radius 2 is 2.00 bits per heavy atom. The van der Waals surface area contributed by atoms with Crippen molar-refractivity contribution in [2.75, 3.05) is 0 Å². The Morgan fingerprint density at radius 3 is 2.52 bits per heavy atom. The molecule has 1 atom stereocenters. The van der Waals surface area contributed by atoms with Crippen LogP contribution < -0.4 is 5.32 Å². The fourth-order valence-corrected chi connectivity index (χ4v) is 2.89. The summed E-state index contributed by atoms with van der Waals surface area (Å²) >= 11 is 3.24. The fourth-order valence-electron chi connectivity index (χ4n) is 2.50. The topological polar surface area (TPSA) is 83.6 Å². The van der Waals surface area contributed by atoms with Gasteiger partial charge in [0.1, 0.15) is 6.04 Å². The molecule has 2 rings (SSSR count). The summed E-state index contributed by atoms with van der Waals surface area (Å²) in [4.78, 5) is 49.0. The third kappa shape index (κ3) is 2.70. The maximum absolute atomic E-state index is 12.5. The third-order valence-electron chi connectivity index (χ3n) is 3.43. The molecule has 21 heavy (non-hydrogen) atoms. The largest absolute Gasteiger partial charge is 0.295 e. The highest BCUT2D eigenvalue weighted by atomic mass is 79.9. The predicted molar refractivity (Wildman–Crippen MR) is 78.0 cm³/mol. The van der Waals surface area contributed by atoms with Gasteiger partial charge in [0.2, 0.25) is 11.8 Å². The molecule has 2 fully saturated rings. The highest BCUT2D eigenvalue weighted by Gasteiger charge is 2.46. The molecule has 2 saturated heterocycles. The Balaban J connectivity index is 2.42. The number of imide groups is 2. The first kappa shape index (κ1) is 15.6. The number of halogens is 1. The molecule has 0 aromatic rings. The van der Waals surface area contributed by atoms with Gasteiger partial charge in [-0.25, -0.2) is 0 Å². The van der Waals surface area contributed by atoms with Crippen LogP contribution in [0.1, 0.15) is 33.1 Å². The fraction of sp³-hybridized carbons (Fsp3) is 0.429. The zero-order valence-corrected chi connectivity index (χ0v) is 13.3. The number of nitrogens with zero attached hydrogens (tertiary/aromatic N) is 1. The lowest BCUT2D eigenvalue weighted by molar-refractivity contribution is -0.149. The van der Waals surface area contributed by atoms with Gasteiger partial charge in [0.15, 0.2) is 0 Å². The van der Waals surface area contributed by atoms with Crippen molar-refractivity contribution in [1.29, 1.82) is 0 Å². The van der Waals surface area contributed by atoms with Crippen molar-refractivity contribution >= 4 is 39.6 Å². The maximum atomic E-state index is 12.5. The van der Waals surface area contributed by atoms with Gasteiger partial charge in [-0.2, -0.15) is 0 Å². The minimum atomic E-state index is -0.924. The molecule has 0 aromatic carbocycles. The second kappa shape index (κ2) is 5.93. The molecule has 6 nitrogen and oxygen atoms in total. The van der Waals surface area contributed by atoms with E-state index in [1.165, 1.54) is 0 Å². The Kier molecular flexibility index (Phi) is 4.41. The van der Waals surface area contributed by atoms with Gasteiger partial charge in [0, 0.05) is 16.5 Å². The predicted octanol–water partition coefficient (Wildman–Crippen LogP) is 1.17. The number of allylic oxidation sites excluding steroid dienone is 2. The van der Waals surface area contributed by atoms with E-state index in [9.17, 15) is 19.2 Å². The molecule has 2 heterocycles. The SMILES string of the molecule is CC/C=C1/C(=O)N(C2CCC(=O)NC2=O)C(=O)/C1=C(/C)Br. The molecule has 2 aliphatic heterocycles. The summed E-state index contributed by atoms with van der Waals surface area (Å²) in [5.41, 5.74) is 0.591. The van der Waals surface area contributed by atoms with Crippen LogP contribution in [-0.4, -0.2) is 34.6 Å². The van der Waals surface area contributed by atoms with Gasteiger partial charge in [0.05, 0.1) is 5.57 Å². The van der Waals surface area contributed by atoms with E-state index >= 15 is 0 Å². The van der Waals surface area contributed by atoms with Crippen molar-refractivity contribution in [2.45, 2.75) is 39.2 Å². The first-order valence-electron chi connectivity index (χ1n) is 6.67. The van der Waals surface area contributed by atoms with Crippen molar-refractivity contribution < 1.29 is 19.2 Å². The lowest BCUT2D eigenvalue weighted by Crippen LogP contribution is -2.54. The summed E-state index contributed by atoms with van der Waals surface area (Å²) in [6.07, 6.45) is 2.55. The van der Waals surface area contributed by atoms with Crippen LogP contribution in [0.25, 0.3) is 0 Å². The average Bonchev–Trinajstić information content (AvgIpc) is 2.63. The van der Waals surface area contributed by atoms with E-state index in [-0.39, 0.29) is 24.3 Å². The van der Waals surface area contributed by atoms with Gasteiger partial charge < -0.3 is 0 Å². The molecule has 0 saturated carbocycles. The second-order valence-corrected chi connectivity index (χ2v) is 6.07. The first-order chi connectivity index (χ1) is 9.88. The van der Waals surface area contributed by atoms with E-state index in [0.29, 0.717) is 16.5 Å². The average molecular weight is 355 g/mol. The molecule has 0 aliphatic carbocycles. The molecule has 112 valence electrons. The van der Waals surface area contributed by atoms with E-state index in [4.69, 9.17) is 0 Å². The number of hydrogen-bond donors (Lipinski definition) is 1. The van der Waals surface area contributed by atoms with Crippen LogP contribution in [0, 0.1) is 0 Å². The van der Waals surface area contributed by atoms with Crippen molar-refractivity contribution in [3.05, 3.63) is 21.7 Å². The molecule has 0 spiro atoms. The standard InChI is InChI=1S/C14H15BrN2O4/c1-3-4-8-11(7(2)15)14(21)17(13(8)20)9-5-6-10(18)16-12(9)19/h4,9H,3,5-6H2,1-2H3,(H,16,18,19)/b8-4+,11-7-. The number of hydrogen-bond acceptors (Lipinski definition) is 4. The number of rotatable bonds is 2. The molecular formula is C14H15BrN2O4. The molecule has 1 N–H and O–H groups in total. The molecule has 1 unspecified atom stereocenters. The maximum Gasteiger partial charge on any atom is 0.263 e. The van der Waals surface area contributed by atoms with Gasteiger partial charge in [-0.3, -0.25) is 29.4 Å². The van der Waals surface area contributed by atoms with Crippen LogP contribution in [0.2, 0.25) is 0 Å². The van der Waals surface area contributed by atoms with Crippen LogP contribution in [0.3, 0.4) is 0 Å². The summed E-state index contributed by atoms with van der Waals surface area (Å²) in [5.74, 6) is -1.96. The third-order valence-corrected chi connectivity index (χ3v) is 3.82. The Bertz CT molecular complexity index is 602. The van der Waals surface area contributed by atoms with Crippen molar-refractivity contribution in [3.63, 3.8) is 0 Å². The Morgan fingerprint density at radius 1 is 1.33 bits per heavy atom. The summed E-state index contributed by atoms with van der Waals surface area (Å²) < 4.78 is 0.551. The summed E-state index contributed by atoms with van der Waals surface area (Å²) in [5, 5.41) is 2.17. The van der Waals surface area contributed by atoms with Gasteiger partial charge in [-0.1, -0.05) is 28.9 Å². The molecule has 7 heteroatoms. The zero-order valence-electron chi connectivity index (χ0n) is 11.7. The van der Waals surface area contributed by atoms with Gasteiger partial charge in [0.25, 0.3) is 11.8 Å². The van der Waals surface area contributed by atoms with Gasteiger partial charge >= 0.3 is 0 Å². The quantitative estimate of drug-likeness (QED) is 0.595. The van der Waals surface area contributed by atoms with E-state index in [2.05, 4.69) is 21.2 Å². The number of carbonyl (C=O) groups is 4. The van der Waals surface area contributed by atoms with Crippen LogP contribution in [0.15, 0.2) is 21.7 Å². The number of likely N-dealkylation sites (tertiary alicyclic amines) is 1. The Hall–Kier alpha value is -1.76.